The van der Waals surface area contributed by atoms with E-state index < -0.39 is 18.3 Å². The fourth-order valence-electron chi connectivity index (χ4n) is 5.17. The van der Waals surface area contributed by atoms with Gasteiger partial charge < -0.3 is 10.5 Å². The first-order chi connectivity index (χ1) is 17.2. The van der Waals surface area contributed by atoms with Gasteiger partial charge in [0.15, 0.2) is 0 Å². The van der Waals surface area contributed by atoms with Crippen LogP contribution >= 0.6 is 0 Å². The fraction of sp³-hybridized carbons (Fsp3) is 0.214. The lowest BCUT2D eigenvalue weighted by atomic mass is 9.88. The van der Waals surface area contributed by atoms with Gasteiger partial charge in [-0.15, -0.1) is 13.2 Å². The number of benzene rings is 3. The molecule has 2 atom stereocenters. The number of hydrogen-bond donors (Lipinski definition) is 1. The van der Waals surface area contributed by atoms with Crippen LogP contribution in [0.2, 0.25) is 0 Å². The van der Waals surface area contributed by atoms with Crippen LogP contribution in [0, 0.1) is 5.92 Å². The molecule has 0 fully saturated rings. The number of anilines is 1. The summed E-state index contributed by atoms with van der Waals surface area (Å²) in [6.45, 7) is 0. The summed E-state index contributed by atoms with van der Waals surface area (Å²) >= 11 is 0. The molecule has 1 aliphatic carbocycles. The summed E-state index contributed by atoms with van der Waals surface area (Å²) in [5.74, 6) is -1.16. The van der Waals surface area contributed by atoms with Crippen LogP contribution in [-0.2, 0) is 22.4 Å². The number of carbonyl (C=O) groups excluding carboxylic acids is 2. The van der Waals surface area contributed by atoms with Crippen molar-refractivity contribution in [2.24, 2.45) is 11.7 Å². The average Bonchev–Trinajstić information content (AvgIpc) is 3.23. The Balaban J connectivity index is 1.44. The van der Waals surface area contributed by atoms with Gasteiger partial charge in [0.1, 0.15) is 5.75 Å². The lowest BCUT2D eigenvalue weighted by Crippen LogP contribution is -2.41. The maximum atomic E-state index is 13.8. The Morgan fingerprint density at radius 2 is 1.64 bits per heavy atom. The molecule has 36 heavy (non-hydrogen) atoms. The Hall–Kier alpha value is -4.07. The van der Waals surface area contributed by atoms with E-state index in [2.05, 4.69) is 4.74 Å². The predicted molar refractivity (Wildman–Crippen MR) is 129 cm³/mol. The van der Waals surface area contributed by atoms with Gasteiger partial charge in [0.2, 0.25) is 11.8 Å². The molecule has 0 aromatic heterocycles. The van der Waals surface area contributed by atoms with E-state index in [9.17, 15) is 22.8 Å². The highest BCUT2D eigenvalue weighted by Gasteiger charge is 2.38. The zero-order chi connectivity index (χ0) is 25.4. The number of rotatable bonds is 5. The molecule has 2 aliphatic rings. The number of alkyl halides is 3. The molecule has 2 N–H and O–H groups in total. The number of para-hydroxylation sites is 1. The highest BCUT2D eigenvalue weighted by molar-refractivity contribution is 6.07. The van der Waals surface area contributed by atoms with Crippen LogP contribution in [-0.4, -0.2) is 18.2 Å². The molecule has 1 aliphatic heterocycles. The first-order valence-corrected chi connectivity index (χ1v) is 11.5. The van der Waals surface area contributed by atoms with Crippen LogP contribution < -0.4 is 15.4 Å². The number of ether oxygens (including phenoxy) is 1. The van der Waals surface area contributed by atoms with E-state index in [1.54, 1.807) is 17.0 Å². The number of nitrogens with two attached hydrogens (primary N) is 1. The normalized spacial score (nSPS) is 18.8. The lowest BCUT2D eigenvalue weighted by molar-refractivity contribution is -0.274. The molecule has 0 saturated heterocycles. The third-order valence-electron chi connectivity index (χ3n) is 6.62. The largest absolute Gasteiger partial charge is 0.573 e. The van der Waals surface area contributed by atoms with Gasteiger partial charge in [-0.2, -0.15) is 0 Å². The van der Waals surface area contributed by atoms with Crippen LogP contribution in [0.3, 0.4) is 0 Å². The molecule has 5 nitrogen and oxygen atoms in total. The average molecular weight is 492 g/mol. The number of nitrogens with zero attached hydrogens (tertiary/aromatic N) is 1. The maximum Gasteiger partial charge on any atom is 0.573 e. The molecular weight excluding hydrogens is 469 g/mol. The molecule has 8 heteroatoms. The molecule has 3 aromatic carbocycles. The fourth-order valence-corrected chi connectivity index (χ4v) is 5.17. The summed E-state index contributed by atoms with van der Waals surface area (Å²) in [6, 6.07) is 20.2. The van der Waals surface area contributed by atoms with Gasteiger partial charge >= 0.3 is 6.36 Å². The van der Waals surface area contributed by atoms with Crippen LogP contribution in [0.5, 0.6) is 5.75 Å². The smallest absolute Gasteiger partial charge is 0.406 e. The minimum absolute atomic E-state index is 0.0971. The van der Waals surface area contributed by atoms with Gasteiger partial charge in [0, 0.05) is 12.0 Å². The SMILES string of the molecule is NC(=O)C1=Cc2ccccc2N(C(=O)CC2Cc3ccc(OC(F)(F)F)cc3C2)C1c1ccccc1. The van der Waals surface area contributed by atoms with Crippen LogP contribution in [0.4, 0.5) is 18.9 Å². The topological polar surface area (TPSA) is 72.6 Å². The minimum Gasteiger partial charge on any atom is -0.406 e. The molecule has 2 unspecified atom stereocenters. The van der Waals surface area contributed by atoms with Crippen molar-refractivity contribution in [2.45, 2.75) is 31.7 Å². The number of halogens is 3. The Kier molecular flexibility index (Phi) is 6.04. The molecular formula is C28H23F3N2O3. The molecule has 1 heterocycles. The molecule has 184 valence electrons. The molecule has 0 saturated carbocycles. The zero-order valence-corrected chi connectivity index (χ0v) is 19.2. The maximum absolute atomic E-state index is 13.8. The zero-order valence-electron chi connectivity index (χ0n) is 19.2. The Labute approximate surface area is 206 Å². The van der Waals surface area contributed by atoms with Crippen LogP contribution in [0.15, 0.2) is 78.4 Å². The number of fused-ring (bicyclic) bond motifs is 2. The summed E-state index contributed by atoms with van der Waals surface area (Å²) in [6.07, 6.45) is -1.85. The predicted octanol–water partition coefficient (Wildman–Crippen LogP) is 5.35. The van der Waals surface area contributed by atoms with E-state index in [1.165, 1.54) is 12.1 Å². The second-order valence-electron chi connectivity index (χ2n) is 9.06. The van der Waals surface area contributed by atoms with E-state index in [0.717, 1.165) is 22.3 Å². The molecule has 5 rings (SSSR count). The highest BCUT2D eigenvalue weighted by atomic mass is 19.4. The summed E-state index contributed by atoms with van der Waals surface area (Å²) in [4.78, 5) is 27.9. The van der Waals surface area contributed by atoms with Crippen molar-refractivity contribution in [2.75, 3.05) is 4.90 Å². The van der Waals surface area contributed by atoms with E-state index in [0.29, 0.717) is 24.1 Å². The van der Waals surface area contributed by atoms with Crippen molar-refractivity contribution < 1.29 is 27.5 Å². The van der Waals surface area contributed by atoms with Crippen molar-refractivity contribution in [1.82, 2.24) is 0 Å². The molecule has 2 amide bonds. The van der Waals surface area contributed by atoms with Gasteiger partial charge in [-0.1, -0.05) is 54.6 Å². The summed E-state index contributed by atoms with van der Waals surface area (Å²) in [5.41, 5.74) is 9.87. The summed E-state index contributed by atoms with van der Waals surface area (Å²) in [7, 11) is 0. The van der Waals surface area contributed by atoms with Crippen LogP contribution in [0.1, 0.15) is 34.7 Å². The molecule has 0 bridgehead atoms. The van der Waals surface area contributed by atoms with E-state index >= 15 is 0 Å². The van der Waals surface area contributed by atoms with Crippen molar-refractivity contribution in [1.29, 1.82) is 0 Å². The third-order valence-corrected chi connectivity index (χ3v) is 6.62. The first-order valence-electron chi connectivity index (χ1n) is 11.5. The van der Waals surface area contributed by atoms with E-state index in [4.69, 9.17) is 5.73 Å². The number of primary amides is 1. The second-order valence-corrected chi connectivity index (χ2v) is 9.06. The number of amides is 2. The van der Waals surface area contributed by atoms with Crippen molar-refractivity contribution in [3.05, 3.63) is 101 Å². The van der Waals surface area contributed by atoms with Gasteiger partial charge in [-0.3, -0.25) is 14.5 Å². The van der Waals surface area contributed by atoms with Gasteiger partial charge in [0.25, 0.3) is 0 Å². The minimum atomic E-state index is -4.76. The number of hydrogen-bond acceptors (Lipinski definition) is 3. The van der Waals surface area contributed by atoms with Crippen LogP contribution in [0.25, 0.3) is 6.08 Å². The highest BCUT2D eigenvalue weighted by Crippen LogP contribution is 2.42. The van der Waals surface area contributed by atoms with E-state index in [-0.39, 0.29) is 24.0 Å². The van der Waals surface area contributed by atoms with Crippen molar-refractivity contribution in [3.8, 4) is 5.75 Å². The Morgan fingerprint density at radius 1 is 0.944 bits per heavy atom. The van der Waals surface area contributed by atoms with E-state index in [1.807, 2.05) is 54.6 Å². The lowest BCUT2D eigenvalue weighted by Gasteiger charge is -2.37. The Morgan fingerprint density at radius 3 is 2.36 bits per heavy atom. The quantitative estimate of drug-likeness (QED) is 0.522. The van der Waals surface area contributed by atoms with Gasteiger partial charge in [0.05, 0.1) is 11.7 Å². The molecule has 3 aromatic rings. The Bertz CT molecular complexity index is 1350. The summed E-state index contributed by atoms with van der Waals surface area (Å²) < 4.78 is 41.9. The molecule has 0 spiro atoms. The second kappa shape index (κ2) is 9.18. The standard InChI is InChI=1S/C28H23F3N2O3/c29-28(30,31)36-22-11-10-19-12-17(13-21(19)15-22)14-25(34)33-24-9-5-4-8-20(24)16-23(27(32)35)26(33)18-6-2-1-3-7-18/h1-11,15-17,26H,12-14H2,(H2,32,35). The monoisotopic (exact) mass is 492 g/mol. The molecule has 0 radical (unpaired) electrons. The first kappa shape index (κ1) is 23.7. The summed E-state index contributed by atoms with van der Waals surface area (Å²) in [5, 5.41) is 0. The van der Waals surface area contributed by atoms with Crippen molar-refractivity contribution in [3.63, 3.8) is 0 Å². The van der Waals surface area contributed by atoms with Gasteiger partial charge in [-0.05, 0) is 65.3 Å². The number of carbonyl (C=O) groups is 2. The van der Waals surface area contributed by atoms with Gasteiger partial charge in [-0.25, -0.2) is 0 Å². The van der Waals surface area contributed by atoms with Crippen molar-refractivity contribution >= 4 is 23.6 Å². The third kappa shape index (κ3) is 4.71.